The van der Waals surface area contributed by atoms with Gasteiger partial charge in [-0.15, -0.1) is 0 Å². The van der Waals surface area contributed by atoms with E-state index in [2.05, 4.69) is 12.1 Å². The number of esters is 1. The Bertz CT molecular complexity index is 819. The minimum atomic E-state index is -1.16. The van der Waals surface area contributed by atoms with Crippen molar-refractivity contribution in [3.63, 3.8) is 0 Å². The van der Waals surface area contributed by atoms with Crippen LogP contribution in [0.5, 0.6) is 0 Å². The SMILES string of the molecule is N#Cc1cc(CCC(O)C(=O)OCc2ccccc2)ccc1C1CCCCC1. The summed E-state index contributed by atoms with van der Waals surface area (Å²) in [5.74, 6) is -0.126. The summed E-state index contributed by atoms with van der Waals surface area (Å²) in [5.41, 5.74) is 3.73. The van der Waals surface area contributed by atoms with Crippen LogP contribution in [0.4, 0.5) is 0 Å². The molecule has 3 rings (SSSR count). The molecule has 4 nitrogen and oxygen atoms in total. The normalized spacial score (nSPS) is 15.6. The minimum absolute atomic E-state index is 0.158. The maximum absolute atomic E-state index is 12.0. The number of nitriles is 1. The Hall–Kier alpha value is -2.64. The molecule has 0 saturated heterocycles. The van der Waals surface area contributed by atoms with Gasteiger partial charge in [0.2, 0.25) is 0 Å². The van der Waals surface area contributed by atoms with Crippen molar-refractivity contribution >= 4 is 5.97 Å². The predicted octanol–water partition coefficient (Wildman–Crippen LogP) is 4.64. The minimum Gasteiger partial charge on any atom is -0.459 e. The summed E-state index contributed by atoms with van der Waals surface area (Å²) in [7, 11) is 0. The molecule has 146 valence electrons. The first-order valence-corrected chi connectivity index (χ1v) is 10.1. The highest BCUT2D eigenvalue weighted by molar-refractivity contribution is 5.74. The van der Waals surface area contributed by atoms with Crippen molar-refractivity contribution in [2.45, 2.75) is 63.6 Å². The Morgan fingerprint density at radius 2 is 1.86 bits per heavy atom. The molecule has 0 amide bonds. The summed E-state index contributed by atoms with van der Waals surface area (Å²) in [5, 5.41) is 19.6. The number of ether oxygens (including phenoxy) is 1. The number of carbonyl (C=O) groups is 1. The summed E-state index contributed by atoms with van der Waals surface area (Å²) in [6.45, 7) is 0.158. The second-order valence-electron chi connectivity index (χ2n) is 7.52. The van der Waals surface area contributed by atoms with Gasteiger partial charge in [-0.05, 0) is 54.4 Å². The molecule has 0 aliphatic heterocycles. The molecule has 0 bridgehead atoms. The lowest BCUT2D eigenvalue weighted by Crippen LogP contribution is -2.23. The third kappa shape index (κ3) is 5.43. The molecule has 0 spiro atoms. The molecule has 1 atom stereocenters. The molecule has 1 N–H and O–H groups in total. The second-order valence-corrected chi connectivity index (χ2v) is 7.52. The van der Waals surface area contributed by atoms with Crippen LogP contribution in [-0.2, 0) is 22.6 Å². The van der Waals surface area contributed by atoms with E-state index < -0.39 is 12.1 Å². The monoisotopic (exact) mass is 377 g/mol. The number of aliphatic hydroxyl groups excluding tert-OH is 1. The number of benzene rings is 2. The van der Waals surface area contributed by atoms with Crippen LogP contribution in [0.25, 0.3) is 0 Å². The number of hydrogen-bond acceptors (Lipinski definition) is 4. The predicted molar refractivity (Wildman–Crippen MR) is 108 cm³/mol. The first-order valence-electron chi connectivity index (χ1n) is 10.1. The third-order valence-electron chi connectivity index (χ3n) is 5.49. The van der Waals surface area contributed by atoms with Crippen molar-refractivity contribution in [2.24, 2.45) is 0 Å². The van der Waals surface area contributed by atoms with E-state index in [1.54, 1.807) is 0 Å². The Morgan fingerprint density at radius 3 is 2.57 bits per heavy atom. The Morgan fingerprint density at radius 1 is 1.11 bits per heavy atom. The van der Waals surface area contributed by atoms with Crippen molar-refractivity contribution in [2.75, 3.05) is 0 Å². The molecule has 28 heavy (non-hydrogen) atoms. The van der Waals surface area contributed by atoms with Gasteiger partial charge in [0.05, 0.1) is 11.6 Å². The van der Waals surface area contributed by atoms with Crippen LogP contribution >= 0.6 is 0 Å². The quantitative estimate of drug-likeness (QED) is 0.714. The van der Waals surface area contributed by atoms with Crippen molar-refractivity contribution < 1.29 is 14.6 Å². The molecule has 2 aromatic rings. The van der Waals surface area contributed by atoms with Crippen LogP contribution in [0.15, 0.2) is 48.5 Å². The number of aryl methyl sites for hydroxylation is 1. The van der Waals surface area contributed by atoms with Gasteiger partial charge >= 0.3 is 5.97 Å². The van der Waals surface area contributed by atoms with Crippen LogP contribution < -0.4 is 0 Å². The standard InChI is InChI=1S/C24H27NO3/c25-16-21-15-18(11-13-22(21)20-9-5-2-6-10-20)12-14-23(26)24(27)28-17-19-7-3-1-4-8-19/h1,3-4,7-8,11,13,15,20,23,26H,2,5-6,9-10,12,14,17H2. The van der Waals surface area contributed by atoms with E-state index in [1.807, 2.05) is 42.5 Å². The largest absolute Gasteiger partial charge is 0.459 e. The van der Waals surface area contributed by atoms with Crippen molar-refractivity contribution in [3.8, 4) is 6.07 Å². The van der Waals surface area contributed by atoms with E-state index in [1.165, 1.54) is 19.3 Å². The fraction of sp³-hybridized carbons (Fsp3) is 0.417. The molecular weight excluding hydrogens is 350 g/mol. The first kappa shape index (κ1) is 20.1. The zero-order valence-electron chi connectivity index (χ0n) is 16.1. The van der Waals surface area contributed by atoms with Gasteiger partial charge in [0.15, 0.2) is 6.10 Å². The molecule has 0 heterocycles. The highest BCUT2D eigenvalue weighted by Gasteiger charge is 2.20. The summed E-state index contributed by atoms with van der Waals surface area (Å²) in [6.07, 6.45) is 5.70. The maximum Gasteiger partial charge on any atom is 0.335 e. The molecule has 1 aliphatic rings. The zero-order valence-corrected chi connectivity index (χ0v) is 16.1. The summed E-state index contributed by atoms with van der Waals surface area (Å²) < 4.78 is 5.18. The lowest BCUT2D eigenvalue weighted by Gasteiger charge is -2.23. The topological polar surface area (TPSA) is 70.3 Å². The van der Waals surface area contributed by atoms with Crippen molar-refractivity contribution in [1.82, 2.24) is 0 Å². The number of carbonyl (C=O) groups excluding carboxylic acids is 1. The van der Waals surface area contributed by atoms with Crippen LogP contribution in [0.1, 0.15) is 66.7 Å². The average Bonchev–Trinajstić information content (AvgIpc) is 2.76. The van der Waals surface area contributed by atoms with Gasteiger partial charge in [-0.3, -0.25) is 0 Å². The maximum atomic E-state index is 12.0. The fourth-order valence-corrected chi connectivity index (χ4v) is 3.87. The number of rotatable bonds is 7. The highest BCUT2D eigenvalue weighted by Crippen LogP contribution is 2.34. The van der Waals surface area contributed by atoms with Gasteiger partial charge in [-0.2, -0.15) is 5.26 Å². The van der Waals surface area contributed by atoms with Crippen molar-refractivity contribution in [1.29, 1.82) is 5.26 Å². The van der Waals surface area contributed by atoms with E-state index >= 15 is 0 Å². The molecule has 2 aromatic carbocycles. The summed E-state index contributed by atoms with van der Waals surface area (Å²) >= 11 is 0. The lowest BCUT2D eigenvalue weighted by molar-refractivity contribution is -0.155. The molecular formula is C24H27NO3. The van der Waals surface area contributed by atoms with Gasteiger partial charge in [-0.1, -0.05) is 61.7 Å². The molecule has 4 heteroatoms. The van der Waals surface area contributed by atoms with E-state index in [-0.39, 0.29) is 13.0 Å². The van der Waals surface area contributed by atoms with Crippen molar-refractivity contribution in [3.05, 3.63) is 70.8 Å². The van der Waals surface area contributed by atoms with Gasteiger partial charge in [0.25, 0.3) is 0 Å². The second kappa shape index (κ2) is 10.1. The van der Waals surface area contributed by atoms with Crippen LogP contribution in [0, 0.1) is 11.3 Å². The first-order chi connectivity index (χ1) is 13.7. The number of hydrogen-bond donors (Lipinski definition) is 1. The molecule has 1 fully saturated rings. The Kier molecular flexibility index (Phi) is 7.22. The van der Waals surface area contributed by atoms with Crippen LogP contribution in [-0.4, -0.2) is 17.2 Å². The van der Waals surface area contributed by atoms with E-state index in [9.17, 15) is 15.2 Å². The van der Waals surface area contributed by atoms with E-state index in [0.29, 0.717) is 12.3 Å². The van der Waals surface area contributed by atoms with Gasteiger partial charge in [0, 0.05) is 0 Å². The smallest absolute Gasteiger partial charge is 0.335 e. The molecule has 1 aliphatic carbocycles. The zero-order chi connectivity index (χ0) is 19.8. The molecule has 0 radical (unpaired) electrons. The summed E-state index contributed by atoms with van der Waals surface area (Å²) in [6, 6.07) is 17.7. The molecule has 1 unspecified atom stereocenters. The molecule has 0 aromatic heterocycles. The van der Waals surface area contributed by atoms with Crippen LogP contribution in [0.3, 0.4) is 0 Å². The average molecular weight is 377 g/mol. The Labute approximate surface area is 166 Å². The lowest BCUT2D eigenvalue weighted by atomic mass is 9.81. The van der Waals surface area contributed by atoms with Crippen LogP contribution in [0.2, 0.25) is 0 Å². The number of nitrogens with zero attached hydrogens (tertiary/aromatic N) is 1. The van der Waals surface area contributed by atoms with E-state index in [4.69, 9.17) is 4.74 Å². The van der Waals surface area contributed by atoms with E-state index in [0.717, 1.165) is 35.1 Å². The number of aliphatic hydroxyl groups is 1. The molecule has 1 saturated carbocycles. The highest BCUT2D eigenvalue weighted by atomic mass is 16.5. The van der Waals surface area contributed by atoms with Gasteiger partial charge in [0.1, 0.15) is 6.61 Å². The van der Waals surface area contributed by atoms with Gasteiger partial charge in [-0.25, -0.2) is 4.79 Å². The fourth-order valence-electron chi connectivity index (χ4n) is 3.87. The third-order valence-corrected chi connectivity index (χ3v) is 5.49. The van der Waals surface area contributed by atoms with Gasteiger partial charge < -0.3 is 9.84 Å². The summed E-state index contributed by atoms with van der Waals surface area (Å²) in [4.78, 5) is 12.0. The Balaban J connectivity index is 1.53.